The number of pyridine rings is 2. The zero-order chi connectivity index (χ0) is 12.1. The molecule has 1 atom stereocenters. The van der Waals surface area contributed by atoms with Crippen molar-refractivity contribution in [2.45, 2.75) is 25.9 Å². The average molecular weight is 228 g/mol. The van der Waals surface area contributed by atoms with Gasteiger partial charge in [0, 0.05) is 24.8 Å². The van der Waals surface area contributed by atoms with Crippen LogP contribution in [-0.2, 0) is 6.42 Å². The van der Waals surface area contributed by atoms with Crippen molar-refractivity contribution in [3.05, 3.63) is 59.7 Å². The Kier molecular flexibility index (Phi) is 3.83. The van der Waals surface area contributed by atoms with E-state index in [1.165, 1.54) is 0 Å². The topological polar surface area (TPSA) is 46.0 Å². The molecule has 0 fully saturated rings. The number of hydrogen-bond donors (Lipinski definition) is 1. The van der Waals surface area contributed by atoms with Crippen molar-refractivity contribution in [1.29, 1.82) is 0 Å². The maximum Gasteiger partial charge on any atom is 0.0808 e. The van der Waals surface area contributed by atoms with Crippen molar-refractivity contribution in [2.24, 2.45) is 0 Å². The maximum absolute atomic E-state index is 10.0. The lowest BCUT2D eigenvalue weighted by molar-refractivity contribution is 0.167. The Morgan fingerprint density at radius 2 is 2.12 bits per heavy atom. The van der Waals surface area contributed by atoms with Crippen molar-refractivity contribution >= 4 is 0 Å². The van der Waals surface area contributed by atoms with Crippen molar-refractivity contribution in [3.8, 4) is 0 Å². The van der Waals surface area contributed by atoms with Gasteiger partial charge in [0.2, 0.25) is 0 Å². The molecule has 0 aromatic carbocycles. The minimum absolute atomic E-state index is 0.456. The minimum Gasteiger partial charge on any atom is -0.388 e. The third kappa shape index (κ3) is 3.36. The summed E-state index contributed by atoms with van der Waals surface area (Å²) in [6, 6.07) is 5.91. The van der Waals surface area contributed by atoms with E-state index in [4.69, 9.17) is 0 Å². The fourth-order valence-corrected chi connectivity index (χ4v) is 1.78. The van der Waals surface area contributed by atoms with E-state index in [9.17, 15) is 5.11 Å². The lowest BCUT2D eigenvalue weighted by Gasteiger charge is -2.10. The summed E-state index contributed by atoms with van der Waals surface area (Å²) in [5, 5.41) is 10.0. The lowest BCUT2D eigenvalue weighted by Crippen LogP contribution is -2.01. The summed E-state index contributed by atoms with van der Waals surface area (Å²) in [5.74, 6) is 0. The van der Waals surface area contributed by atoms with E-state index < -0.39 is 6.10 Å². The van der Waals surface area contributed by atoms with Gasteiger partial charge in [-0.3, -0.25) is 9.97 Å². The quantitative estimate of drug-likeness (QED) is 0.874. The Labute approximate surface area is 101 Å². The third-order valence-corrected chi connectivity index (χ3v) is 2.71. The van der Waals surface area contributed by atoms with E-state index in [1.807, 2.05) is 31.3 Å². The number of aryl methyl sites for hydroxylation is 2. The van der Waals surface area contributed by atoms with Crippen molar-refractivity contribution in [1.82, 2.24) is 9.97 Å². The van der Waals surface area contributed by atoms with Gasteiger partial charge in [-0.05, 0) is 42.5 Å². The van der Waals surface area contributed by atoms with Gasteiger partial charge in [0.15, 0.2) is 0 Å². The molecule has 0 saturated carbocycles. The second kappa shape index (κ2) is 5.55. The lowest BCUT2D eigenvalue weighted by atomic mass is 10.0. The van der Waals surface area contributed by atoms with E-state index in [-0.39, 0.29) is 0 Å². The van der Waals surface area contributed by atoms with Gasteiger partial charge in [0.05, 0.1) is 6.10 Å². The van der Waals surface area contributed by atoms with E-state index in [0.717, 1.165) is 23.1 Å². The van der Waals surface area contributed by atoms with Gasteiger partial charge in [-0.2, -0.15) is 0 Å². The van der Waals surface area contributed by atoms with E-state index in [1.54, 1.807) is 18.6 Å². The highest BCUT2D eigenvalue weighted by Crippen LogP contribution is 2.18. The van der Waals surface area contributed by atoms with Gasteiger partial charge in [0.25, 0.3) is 0 Å². The predicted octanol–water partition coefficient (Wildman–Crippen LogP) is 2.45. The van der Waals surface area contributed by atoms with Crippen LogP contribution in [0.15, 0.2) is 43.0 Å². The SMILES string of the molecule is Cc1cncc(C(O)CCc2cccnc2)c1. The molecule has 0 aliphatic carbocycles. The van der Waals surface area contributed by atoms with Gasteiger partial charge in [-0.1, -0.05) is 12.1 Å². The van der Waals surface area contributed by atoms with Crippen LogP contribution in [0.2, 0.25) is 0 Å². The molecule has 0 spiro atoms. The number of aliphatic hydroxyl groups is 1. The van der Waals surface area contributed by atoms with Gasteiger partial charge < -0.3 is 5.11 Å². The normalized spacial score (nSPS) is 12.4. The summed E-state index contributed by atoms with van der Waals surface area (Å²) in [5.41, 5.74) is 3.10. The molecule has 2 heterocycles. The molecule has 0 amide bonds. The molecule has 0 saturated heterocycles. The molecule has 88 valence electrons. The number of hydrogen-bond acceptors (Lipinski definition) is 3. The second-order valence-corrected chi connectivity index (χ2v) is 4.21. The Morgan fingerprint density at radius 3 is 2.82 bits per heavy atom. The summed E-state index contributed by atoms with van der Waals surface area (Å²) in [6.07, 6.45) is 8.16. The fraction of sp³-hybridized carbons (Fsp3) is 0.286. The standard InChI is InChI=1S/C14H16N2O/c1-11-7-13(10-16-8-11)14(17)5-4-12-3-2-6-15-9-12/h2-3,6-10,14,17H,4-5H2,1H3. The number of aromatic nitrogens is 2. The molecule has 3 nitrogen and oxygen atoms in total. The Morgan fingerprint density at radius 1 is 1.24 bits per heavy atom. The van der Waals surface area contributed by atoms with Crippen LogP contribution in [0.25, 0.3) is 0 Å². The largest absolute Gasteiger partial charge is 0.388 e. The van der Waals surface area contributed by atoms with Crippen molar-refractivity contribution in [2.75, 3.05) is 0 Å². The molecule has 2 aromatic rings. The molecular weight excluding hydrogens is 212 g/mol. The fourth-order valence-electron chi connectivity index (χ4n) is 1.78. The monoisotopic (exact) mass is 228 g/mol. The zero-order valence-electron chi connectivity index (χ0n) is 9.87. The summed E-state index contributed by atoms with van der Waals surface area (Å²) >= 11 is 0. The molecule has 2 rings (SSSR count). The summed E-state index contributed by atoms with van der Waals surface area (Å²) in [7, 11) is 0. The van der Waals surface area contributed by atoms with Gasteiger partial charge in [-0.15, -0.1) is 0 Å². The Hall–Kier alpha value is -1.74. The number of nitrogens with zero attached hydrogens (tertiary/aromatic N) is 2. The summed E-state index contributed by atoms with van der Waals surface area (Å²) < 4.78 is 0. The molecule has 1 unspecified atom stereocenters. The van der Waals surface area contributed by atoms with Crippen molar-refractivity contribution < 1.29 is 5.11 Å². The first-order chi connectivity index (χ1) is 8.25. The molecule has 0 aliphatic heterocycles. The maximum atomic E-state index is 10.0. The summed E-state index contributed by atoms with van der Waals surface area (Å²) in [6.45, 7) is 1.98. The van der Waals surface area contributed by atoms with Crippen LogP contribution in [0.1, 0.15) is 29.2 Å². The molecule has 0 aliphatic rings. The average Bonchev–Trinajstić information content (AvgIpc) is 2.37. The smallest absolute Gasteiger partial charge is 0.0808 e. The first kappa shape index (κ1) is 11.7. The van der Waals surface area contributed by atoms with E-state index in [2.05, 4.69) is 9.97 Å². The number of rotatable bonds is 4. The number of aliphatic hydroxyl groups excluding tert-OH is 1. The van der Waals surface area contributed by atoms with Crippen LogP contribution in [0.5, 0.6) is 0 Å². The molecular formula is C14H16N2O. The highest BCUT2D eigenvalue weighted by molar-refractivity contribution is 5.19. The highest BCUT2D eigenvalue weighted by Gasteiger charge is 2.08. The predicted molar refractivity (Wildman–Crippen MR) is 66.5 cm³/mol. The van der Waals surface area contributed by atoms with E-state index in [0.29, 0.717) is 6.42 Å². The van der Waals surface area contributed by atoms with Crippen LogP contribution in [0, 0.1) is 6.92 Å². The van der Waals surface area contributed by atoms with Crippen LogP contribution in [0.4, 0.5) is 0 Å². The molecule has 17 heavy (non-hydrogen) atoms. The van der Waals surface area contributed by atoms with Gasteiger partial charge >= 0.3 is 0 Å². The van der Waals surface area contributed by atoms with Crippen molar-refractivity contribution in [3.63, 3.8) is 0 Å². The molecule has 3 heteroatoms. The first-order valence-electron chi connectivity index (χ1n) is 5.74. The Bertz CT molecular complexity index is 471. The van der Waals surface area contributed by atoms with Crippen LogP contribution >= 0.6 is 0 Å². The van der Waals surface area contributed by atoms with Crippen LogP contribution in [-0.4, -0.2) is 15.1 Å². The Balaban J connectivity index is 1.96. The second-order valence-electron chi connectivity index (χ2n) is 4.21. The van der Waals surface area contributed by atoms with Crippen LogP contribution < -0.4 is 0 Å². The van der Waals surface area contributed by atoms with Gasteiger partial charge in [0.1, 0.15) is 0 Å². The molecule has 1 N–H and O–H groups in total. The zero-order valence-corrected chi connectivity index (χ0v) is 9.87. The molecule has 2 aromatic heterocycles. The molecule has 0 radical (unpaired) electrons. The molecule has 0 bridgehead atoms. The minimum atomic E-state index is -0.456. The van der Waals surface area contributed by atoms with Crippen LogP contribution in [0.3, 0.4) is 0 Å². The first-order valence-corrected chi connectivity index (χ1v) is 5.74. The third-order valence-electron chi connectivity index (χ3n) is 2.71. The summed E-state index contributed by atoms with van der Waals surface area (Å²) in [4.78, 5) is 8.14. The van der Waals surface area contributed by atoms with E-state index >= 15 is 0 Å². The van der Waals surface area contributed by atoms with Gasteiger partial charge in [-0.25, -0.2) is 0 Å². The highest BCUT2D eigenvalue weighted by atomic mass is 16.3.